The van der Waals surface area contributed by atoms with Crippen LogP contribution >= 0.6 is 0 Å². The van der Waals surface area contributed by atoms with Gasteiger partial charge in [-0.05, 0) is 90.8 Å². The van der Waals surface area contributed by atoms with Crippen molar-refractivity contribution < 1.29 is 9.47 Å². The molecule has 65 heavy (non-hydrogen) atoms. The van der Waals surface area contributed by atoms with Gasteiger partial charge in [0.05, 0.1) is 16.8 Å². The van der Waals surface area contributed by atoms with Crippen LogP contribution in [0.4, 0.5) is 0 Å². The lowest BCUT2D eigenvalue weighted by Crippen LogP contribution is -2.28. The molecule has 2 heterocycles. The van der Waals surface area contributed by atoms with Crippen LogP contribution in [0.3, 0.4) is 0 Å². The van der Waals surface area contributed by atoms with Gasteiger partial charge in [0.2, 0.25) is 0 Å². The van der Waals surface area contributed by atoms with E-state index >= 15 is 0 Å². The van der Waals surface area contributed by atoms with E-state index in [2.05, 4.69) is 206 Å². The monoisotopic (exact) mass is 830 g/mol. The largest absolute Gasteiger partial charge is 0.449 e. The molecular weight excluding hydrogens is 793 g/mol. The maximum absolute atomic E-state index is 6.91. The van der Waals surface area contributed by atoms with E-state index in [9.17, 15) is 0 Å². The standard InChI is InChI=1S/C61H38N2O2/c1-4-15-42(16-5-1)60-62-53(38-54(63-60)45-30-32-49-44(36-45)29-26-40-14-10-11-21-48(40)49)41-27-24-39(25-28-41)43-31-34-55-57(37-43)64-56-35-33-52-58(59(56)65-55)50-22-12-13-23-51(50)61(52,46-17-6-2-7-18-46)47-19-8-3-9-20-47/h1-38H. The van der Waals surface area contributed by atoms with Gasteiger partial charge >= 0.3 is 0 Å². The summed E-state index contributed by atoms with van der Waals surface area (Å²) in [7, 11) is 0. The molecule has 0 unspecified atom stereocenters. The fourth-order valence-corrected chi connectivity index (χ4v) is 10.2. The van der Waals surface area contributed by atoms with Gasteiger partial charge in [0.15, 0.2) is 28.8 Å². The molecule has 0 saturated carbocycles. The number of hydrogen-bond acceptors (Lipinski definition) is 4. The SMILES string of the molecule is c1ccc(-c2nc(-c3ccc(-c4ccc5c(c4)Oc4ccc6c(c4O5)-c4ccccc4C6(c4ccccc4)c4ccccc4)cc3)cc(-c3ccc4c(ccc5ccccc54)c3)n2)cc1. The van der Waals surface area contributed by atoms with Gasteiger partial charge in [0.1, 0.15) is 0 Å². The Labute approximate surface area is 376 Å². The van der Waals surface area contributed by atoms with Crippen molar-refractivity contribution in [1.29, 1.82) is 0 Å². The molecule has 11 aromatic rings. The van der Waals surface area contributed by atoms with Crippen molar-refractivity contribution in [2.45, 2.75) is 5.41 Å². The maximum atomic E-state index is 6.91. The molecule has 1 aliphatic heterocycles. The minimum absolute atomic E-state index is 0.522. The van der Waals surface area contributed by atoms with Crippen LogP contribution in [0.25, 0.3) is 77.7 Å². The molecular formula is C61H38N2O2. The Morgan fingerprint density at radius 3 is 1.72 bits per heavy atom. The highest BCUT2D eigenvalue weighted by atomic mass is 16.6. The van der Waals surface area contributed by atoms with Crippen LogP contribution in [0.15, 0.2) is 231 Å². The van der Waals surface area contributed by atoms with E-state index in [0.29, 0.717) is 23.1 Å². The zero-order chi connectivity index (χ0) is 42.9. The summed E-state index contributed by atoms with van der Waals surface area (Å²) in [6, 6.07) is 81.3. The highest BCUT2D eigenvalue weighted by molar-refractivity contribution is 6.08. The van der Waals surface area contributed by atoms with Crippen molar-refractivity contribution in [3.8, 4) is 79.2 Å². The van der Waals surface area contributed by atoms with E-state index in [4.69, 9.17) is 19.4 Å². The molecule has 0 saturated heterocycles. The van der Waals surface area contributed by atoms with E-state index < -0.39 is 5.41 Å². The minimum Gasteiger partial charge on any atom is -0.449 e. The summed E-state index contributed by atoms with van der Waals surface area (Å²) in [6.07, 6.45) is 0. The second-order valence-electron chi connectivity index (χ2n) is 16.8. The van der Waals surface area contributed by atoms with E-state index in [1.54, 1.807) is 0 Å². The van der Waals surface area contributed by atoms with Crippen molar-refractivity contribution >= 4 is 21.5 Å². The molecule has 2 aliphatic rings. The number of nitrogens with zero attached hydrogens (tertiary/aromatic N) is 2. The van der Waals surface area contributed by atoms with Crippen LogP contribution in [0, 0.1) is 0 Å². The molecule has 0 bridgehead atoms. The van der Waals surface area contributed by atoms with Crippen molar-refractivity contribution in [1.82, 2.24) is 9.97 Å². The summed E-state index contributed by atoms with van der Waals surface area (Å²) >= 11 is 0. The molecule has 10 aromatic carbocycles. The Morgan fingerprint density at radius 2 is 0.938 bits per heavy atom. The highest BCUT2D eigenvalue weighted by Gasteiger charge is 2.48. The van der Waals surface area contributed by atoms with Crippen LogP contribution in [-0.2, 0) is 5.41 Å². The summed E-state index contributed by atoms with van der Waals surface area (Å²) in [6.45, 7) is 0. The molecule has 4 heteroatoms. The third-order valence-corrected chi connectivity index (χ3v) is 13.2. The zero-order valence-corrected chi connectivity index (χ0v) is 35.2. The van der Waals surface area contributed by atoms with Gasteiger partial charge in [-0.2, -0.15) is 0 Å². The van der Waals surface area contributed by atoms with E-state index in [1.807, 2.05) is 24.3 Å². The van der Waals surface area contributed by atoms with E-state index in [0.717, 1.165) is 56.1 Å². The molecule has 0 spiro atoms. The van der Waals surface area contributed by atoms with Crippen molar-refractivity contribution in [2.24, 2.45) is 0 Å². The first-order valence-corrected chi connectivity index (χ1v) is 22.0. The van der Waals surface area contributed by atoms with E-state index in [1.165, 1.54) is 43.8 Å². The molecule has 1 aliphatic carbocycles. The van der Waals surface area contributed by atoms with Crippen LogP contribution in [-0.4, -0.2) is 9.97 Å². The van der Waals surface area contributed by atoms with Crippen LogP contribution in [0.1, 0.15) is 22.3 Å². The third kappa shape index (κ3) is 5.92. The number of aromatic nitrogens is 2. The van der Waals surface area contributed by atoms with Crippen LogP contribution < -0.4 is 9.47 Å². The van der Waals surface area contributed by atoms with Gasteiger partial charge in [-0.15, -0.1) is 0 Å². The fraction of sp³-hybridized carbons (Fsp3) is 0.0164. The Bertz CT molecular complexity index is 3600. The second-order valence-corrected chi connectivity index (χ2v) is 16.8. The Morgan fingerprint density at radius 1 is 0.338 bits per heavy atom. The van der Waals surface area contributed by atoms with Crippen LogP contribution in [0.2, 0.25) is 0 Å². The predicted molar refractivity (Wildman–Crippen MR) is 263 cm³/mol. The maximum Gasteiger partial charge on any atom is 0.178 e. The van der Waals surface area contributed by atoms with Crippen LogP contribution in [0.5, 0.6) is 23.0 Å². The smallest absolute Gasteiger partial charge is 0.178 e. The summed E-state index contributed by atoms with van der Waals surface area (Å²) in [5.74, 6) is 3.49. The number of fused-ring (bicyclic) bond motifs is 9. The molecule has 0 fully saturated rings. The van der Waals surface area contributed by atoms with Crippen molar-refractivity contribution in [3.63, 3.8) is 0 Å². The summed E-state index contributed by atoms with van der Waals surface area (Å²) < 4.78 is 13.7. The van der Waals surface area contributed by atoms with Gasteiger partial charge < -0.3 is 9.47 Å². The molecule has 13 rings (SSSR count). The molecule has 0 radical (unpaired) electrons. The Hall–Kier alpha value is -8.60. The zero-order valence-electron chi connectivity index (χ0n) is 35.2. The number of benzene rings is 10. The Kier molecular flexibility index (Phi) is 8.40. The summed E-state index contributed by atoms with van der Waals surface area (Å²) in [4.78, 5) is 10.2. The fourth-order valence-electron chi connectivity index (χ4n) is 10.2. The molecule has 0 amide bonds. The topological polar surface area (TPSA) is 44.2 Å². The van der Waals surface area contributed by atoms with Gasteiger partial charge in [-0.25, -0.2) is 9.97 Å². The average Bonchev–Trinajstić information content (AvgIpc) is 3.70. The highest BCUT2D eigenvalue weighted by Crippen LogP contribution is 2.62. The summed E-state index contributed by atoms with van der Waals surface area (Å²) in [5, 5.41) is 4.89. The Balaban J connectivity index is 0.848. The van der Waals surface area contributed by atoms with Gasteiger partial charge in [0, 0.05) is 22.3 Å². The lowest BCUT2D eigenvalue weighted by molar-refractivity contribution is 0.360. The first kappa shape index (κ1) is 37.0. The molecule has 0 N–H and O–H groups in total. The lowest BCUT2D eigenvalue weighted by atomic mass is 9.68. The summed E-state index contributed by atoms with van der Waals surface area (Å²) in [5.41, 5.74) is 13.3. The average molecular weight is 831 g/mol. The van der Waals surface area contributed by atoms with Gasteiger partial charge in [-0.1, -0.05) is 200 Å². The normalized spacial score (nSPS) is 13.0. The quantitative estimate of drug-likeness (QED) is 0.157. The molecule has 0 atom stereocenters. The second kappa shape index (κ2) is 14.8. The predicted octanol–water partition coefficient (Wildman–Crippen LogP) is 15.7. The number of rotatable bonds is 6. The van der Waals surface area contributed by atoms with Crippen molar-refractivity contribution in [2.75, 3.05) is 0 Å². The molecule has 304 valence electrons. The first-order chi connectivity index (χ1) is 32.2. The first-order valence-electron chi connectivity index (χ1n) is 22.0. The third-order valence-electron chi connectivity index (χ3n) is 13.2. The molecule has 4 nitrogen and oxygen atoms in total. The van der Waals surface area contributed by atoms with Crippen molar-refractivity contribution in [3.05, 3.63) is 253 Å². The minimum atomic E-state index is -0.522. The number of hydrogen-bond donors (Lipinski definition) is 0. The van der Waals surface area contributed by atoms with Gasteiger partial charge in [-0.3, -0.25) is 0 Å². The lowest BCUT2D eigenvalue weighted by Gasteiger charge is -2.34. The van der Waals surface area contributed by atoms with E-state index in [-0.39, 0.29) is 0 Å². The van der Waals surface area contributed by atoms with Gasteiger partial charge in [0.25, 0.3) is 0 Å². The molecule has 1 aromatic heterocycles. The number of ether oxygens (including phenoxy) is 2.